The molecule has 7 nitrogen and oxygen atoms in total. The molecule has 0 spiro atoms. The molecule has 3 aromatic heterocycles. The summed E-state index contributed by atoms with van der Waals surface area (Å²) in [4.78, 5) is 31.3. The smallest absolute Gasteiger partial charge is 0.267 e. The highest BCUT2D eigenvalue weighted by molar-refractivity contribution is 7.20. The van der Waals surface area contributed by atoms with Crippen LogP contribution in [-0.2, 0) is 13.0 Å². The van der Waals surface area contributed by atoms with E-state index < -0.39 is 0 Å². The molecule has 0 saturated heterocycles. The quantitative estimate of drug-likeness (QED) is 0.760. The van der Waals surface area contributed by atoms with E-state index in [2.05, 4.69) is 15.5 Å². The molecule has 25 heavy (non-hydrogen) atoms. The molecule has 4 rings (SSSR count). The summed E-state index contributed by atoms with van der Waals surface area (Å²) in [6.07, 6.45) is 3.95. The van der Waals surface area contributed by atoms with Gasteiger partial charge in [-0.15, -0.1) is 11.3 Å². The Morgan fingerprint density at radius 1 is 1.32 bits per heavy atom. The van der Waals surface area contributed by atoms with Gasteiger partial charge in [0.1, 0.15) is 16.4 Å². The second kappa shape index (κ2) is 6.11. The molecule has 0 aromatic carbocycles. The van der Waals surface area contributed by atoms with E-state index in [-0.39, 0.29) is 11.5 Å². The highest BCUT2D eigenvalue weighted by Crippen LogP contribution is 2.29. The van der Waals surface area contributed by atoms with E-state index in [4.69, 9.17) is 4.52 Å². The van der Waals surface area contributed by atoms with Crippen molar-refractivity contribution in [3.8, 4) is 0 Å². The van der Waals surface area contributed by atoms with Crippen LogP contribution in [0.15, 0.2) is 15.4 Å². The minimum Gasteiger partial charge on any atom is -0.360 e. The van der Waals surface area contributed by atoms with Crippen LogP contribution in [0.2, 0.25) is 0 Å². The lowest BCUT2D eigenvalue weighted by Crippen LogP contribution is -2.24. The predicted molar refractivity (Wildman–Crippen MR) is 95.4 cm³/mol. The van der Waals surface area contributed by atoms with E-state index in [0.29, 0.717) is 38.8 Å². The minimum absolute atomic E-state index is 0.0352. The summed E-state index contributed by atoms with van der Waals surface area (Å²) in [5.41, 5.74) is 0.641. The average molecular weight is 358 g/mol. The zero-order valence-electron chi connectivity index (χ0n) is 14.1. The van der Waals surface area contributed by atoms with E-state index in [1.807, 2.05) is 0 Å². The minimum atomic E-state index is -0.298. The fraction of sp³-hybridized carbons (Fsp3) is 0.412. The van der Waals surface area contributed by atoms with Crippen molar-refractivity contribution in [1.29, 1.82) is 0 Å². The van der Waals surface area contributed by atoms with Crippen LogP contribution in [0.5, 0.6) is 0 Å². The summed E-state index contributed by atoms with van der Waals surface area (Å²) in [5, 5.41) is 7.03. The first-order valence-electron chi connectivity index (χ1n) is 8.32. The van der Waals surface area contributed by atoms with Crippen molar-refractivity contribution >= 4 is 33.3 Å². The number of thiophene rings is 1. The molecule has 0 unspecified atom stereocenters. The van der Waals surface area contributed by atoms with Crippen molar-refractivity contribution in [2.75, 3.05) is 5.32 Å². The van der Waals surface area contributed by atoms with Crippen molar-refractivity contribution in [3.63, 3.8) is 0 Å². The van der Waals surface area contributed by atoms with Gasteiger partial charge in [-0.1, -0.05) is 11.6 Å². The van der Waals surface area contributed by atoms with Gasteiger partial charge in [0.05, 0.1) is 10.3 Å². The zero-order chi connectivity index (χ0) is 17.6. The zero-order valence-corrected chi connectivity index (χ0v) is 14.9. The normalized spacial score (nSPS) is 14.3. The SMILES string of the molecule is Cc1cc(NC(=O)c2sc3nc4n(c(=O)c3c2C)CCCCC4)no1. The second-order valence-corrected chi connectivity index (χ2v) is 7.31. The number of carbonyl (C=O) groups is 1. The van der Waals surface area contributed by atoms with Crippen LogP contribution < -0.4 is 10.9 Å². The van der Waals surface area contributed by atoms with Crippen molar-refractivity contribution in [2.24, 2.45) is 0 Å². The van der Waals surface area contributed by atoms with Gasteiger partial charge < -0.3 is 9.84 Å². The number of hydrogen-bond donors (Lipinski definition) is 1. The number of aromatic nitrogens is 3. The van der Waals surface area contributed by atoms with Crippen molar-refractivity contribution < 1.29 is 9.32 Å². The van der Waals surface area contributed by atoms with Gasteiger partial charge in [-0.3, -0.25) is 14.2 Å². The van der Waals surface area contributed by atoms with E-state index in [1.54, 1.807) is 24.5 Å². The lowest BCUT2D eigenvalue weighted by Gasteiger charge is -2.08. The van der Waals surface area contributed by atoms with Crippen LogP contribution in [0, 0.1) is 13.8 Å². The molecule has 1 aliphatic rings. The van der Waals surface area contributed by atoms with E-state index in [0.717, 1.165) is 31.5 Å². The molecule has 4 heterocycles. The molecular weight excluding hydrogens is 340 g/mol. The second-order valence-electron chi connectivity index (χ2n) is 6.31. The summed E-state index contributed by atoms with van der Waals surface area (Å²) in [6.45, 7) is 4.26. The first kappa shape index (κ1) is 16.0. The molecule has 0 saturated carbocycles. The number of amides is 1. The first-order chi connectivity index (χ1) is 12.0. The molecular formula is C17H18N4O3S. The molecule has 0 fully saturated rings. The fourth-order valence-corrected chi connectivity index (χ4v) is 4.31. The van der Waals surface area contributed by atoms with Gasteiger partial charge in [0.2, 0.25) is 0 Å². The highest BCUT2D eigenvalue weighted by atomic mass is 32.1. The molecule has 3 aromatic rings. The molecule has 1 amide bonds. The van der Waals surface area contributed by atoms with Crippen LogP contribution >= 0.6 is 11.3 Å². The Morgan fingerprint density at radius 3 is 2.92 bits per heavy atom. The van der Waals surface area contributed by atoms with Crippen molar-refractivity contribution in [3.05, 3.63) is 38.4 Å². The third-order valence-electron chi connectivity index (χ3n) is 4.49. The first-order valence-corrected chi connectivity index (χ1v) is 9.13. The van der Waals surface area contributed by atoms with Crippen LogP contribution in [0.25, 0.3) is 10.2 Å². The van der Waals surface area contributed by atoms with Gasteiger partial charge in [-0.25, -0.2) is 4.98 Å². The van der Waals surface area contributed by atoms with Crippen LogP contribution in [0.1, 0.15) is 46.1 Å². The molecule has 1 aliphatic heterocycles. The van der Waals surface area contributed by atoms with Gasteiger partial charge in [-0.2, -0.15) is 0 Å². The largest absolute Gasteiger partial charge is 0.360 e. The maximum atomic E-state index is 12.9. The van der Waals surface area contributed by atoms with Gasteiger partial charge in [-0.05, 0) is 32.3 Å². The number of anilines is 1. The topological polar surface area (TPSA) is 90.0 Å². The molecule has 0 bridgehead atoms. The monoisotopic (exact) mass is 358 g/mol. The summed E-state index contributed by atoms with van der Waals surface area (Å²) in [5.74, 6) is 1.51. The maximum absolute atomic E-state index is 12.9. The standard InChI is InChI=1S/C17H18N4O3S/c1-9-8-11(20-24-9)18-15(22)14-10(2)13-16(25-14)19-12-6-4-3-5-7-21(12)17(13)23/h8H,3-7H2,1-2H3,(H,18,20,22). The number of rotatable bonds is 2. The van der Waals surface area contributed by atoms with Gasteiger partial charge in [0.15, 0.2) is 5.82 Å². The van der Waals surface area contributed by atoms with Crippen molar-refractivity contribution in [2.45, 2.75) is 46.1 Å². The van der Waals surface area contributed by atoms with E-state index >= 15 is 0 Å². The van der Waals surface area contributed by atoms with Gasteiger partial charge in [0.25, 0.3) is 11.5 Å². The van der Waals surface area contributed by atoms with E-state index in [1.165, 1.54) is 11.3 Å². The van der Waals surface area contributed by atoms with Gasteiger partial charge >= 0.3 is 0 Å². The Kier molecular flexibility index (Phi) is 3.91. The maximum Gasteiger partial charge on any atom is 0.267 e. The lowest BCUT2D eigenvalue weighted by atomic mass is 10.2. The lowest BCUT2D eigenvalue weighted by molar-refractivity contribution is 0.102. The summed E-state index contributed by atoms with van der Waals surface area (Å²) in [7, 11) is 0. The van der Waals surface area contributed by atoms with Crippen molar-refractivity contribution in [1.82, 2.24) is 14.7 Å². The molecule has 0 aliphatic carbocycles. The Morgan fingerprint density at radius 2 is 2.16 bits per heavy atom. The van der Waals surface area contributed by atoms with Crippen LogP contribution in [0.3, 0.4) is 0 Å². The summed E-state index contributed by atoms with van der Waals surface area (Å²) >= 11 is 1.26. The Labute approximate surface area is 147 Å². The molecule has 130 valence electrons. The number of hydrogen-bond acceptors (Lipinski definition) is 6. The van der Waals surface area contributed by atoms with E-state index in [9.17, 15) is 9.59 Å². The number of nitrogens with one attached hydrogen (secondary N) is 1. The number of aryl methyl sites for hydroxylation is 3. The summed E-state index contributed by atoms with van der Waals surface area (Å²) in [6, 6.07) is 1.65. The third-order valence-corrected chi connectivity index (χ3v) is 5.67. The Hall–Kier alpha value is -2.48. The number of nitrogens with zero attached hydrogens (tertiary/aromatic N) is 3. The molecule has 0 atom stereocenters. The fourth-order valence-electron chi connectivity index (χ4n) is 3.22. The number of carbonyl (C=O) groups excluding carboxylic acids is 1. The Balaban J connectivity index is 1.78. The highest BCUT2D eigenvalue weighted by Gasteiger charge is 2.22. The average Bonchev–Trinajstić information content (AvgIpc) is 3.02. The summed E-state index contributed by atoms with van der Waals surface area (Å²) < 4.78 is 6.74. The molecule has 0 radical (unpaired) electrons. The van der Waals surface area contributed by atoms with Crippen LogP contribution in [0.4, 0.5) is 5.82 Å². The molecule has 1 N–H and O–H groups in total. The van der Waals surface area contributed by atoms with Crippen LogP contribution in [-0.4, -0.2) is 20.6 Å². The number of fused-ring (bicyclic) bond motifs is 2. The molecule has 8 heteroatoms. The third kappa shape index (κ3) is 2.76. The predicted octanol–water partition coefficient (Wildman–Crippen LogP) is 3.04. The van der Waals surface area contributed by atoms with Gasteiger partial charge in [0, 0.05) is 19.0 Å². The Bertz CT molecular complexity index is 1030.